The minimum absolute atomic E-state index is 0.503. The van der Waals surface area contributed by atoms with E-state index < -0.39 is 0 Å². The normalized spacial score (nSPS) is 32.8. The van der Waals surface area contributed by atoms with Crippen molar-refractivity contribution in [2.24, 2.45) is 16.8 Å². The van der Waals surface area contributed by atoms with E-state index in [-0.39, 0.29) is 0 Å². The number of anilines is 1. The molecule has 1 aromatic rings. The van der Waals surface area contributed by atoms with E-state index in [1.54, 1.807) is 0 Å². The smallest absolute Gasteiger partial charge is 0.225 e. The van der Waals surface area contributed by atoms with Gasteiger partial charge in [-0.15, -0.1) is 0 Å². The van der Waals surface area contributed by atoms with Crippen molar-refractivity contribution in [1.82, 2.24) is 25.1 Å². The lowest BCUT2D eigenvalue weighted by Gasteiger charge is -2.34. The Bertz CT molecular complexity index is 673. The van der Waals surface area contributed by atoms with E-state index >= 15 is 0 Å². The summed E-state index contributed by atoms with van der Waals surface area (Å²) >= 11 is 0. The Morgan fingerprint density at radius 3 is 2.43 bits per heavy atom. The second-order valence-electron chi connectivity index (χ2n) is 8.37. The first-order valence-electron chi connectivity index (χ1n) is 10.7. The van der Waals surface area contributed by atoms with Gasteiger partial charge in [0.05, 0.1) is 12.2 Å². The Kier molecular flexibility index (Phi) is 5.07. The van der Waals surface area contributed by atoms with Gasteiger partial charge in [0, 0.05) is 83.6 Å². The predicted octanol–water partition coefficient (Wildman–Crippen LogP) is 0.283. The molecule has 8 nitrogen and oxygen atoms in total. The maximum atomic E-state index is 6.10. The fourth-order valence-corrected chi connectivity index (χ4v) is 5.42. The van der Waals surface area contributed by atoms with E-state index in [0.717, 1.165) is 64.3 Å². The number of ether oxygens (including phenoxy) is 1. The minimum atomic E-state index is 0.503. The molecule has 0 spiro atoms. The van der Waals surface area contributed by atoms with Gasteiger partial charge in [0.15, 0.2) is 5.96 Å². The molecule has 4 aliphatic rings. The number of aromatic nitrogens is 2. The van der Waals surface area contributed by atoms with Crippen LogP contribution in [0.15, 0.2) is 23.5 Å². The summed E-state index contributed by atoms with van der Waals surface area (Å²) in [6, 6.07) is 1.86. The zero-order valence-corrected chi connectivity index (χ0v) is 16.7. The molecular weight excluding hydrogens is 354 g/mol. The van der Waals surface area contributed by atoms with Gasteiger partial charge in [0.25, 0.3) is 0 Å². The number of hydrogen-bond donors (Lipinski definition) is 1. The van der Waals surface area contributed by atoms with Gasteiger partial charge in [-0.05, 0) is 18.9 Å². The number of nitrogens with one attached hydrogen (secondary N) is 1. The number of aliphatic imine (C=N–C) groups is 1. The molecule has 4 aliphatic heterocycles. The summed E-state index contributed by atoms with van der Waals surface area (Å²) in [6.45, 7) is 8.23. The van der Waals surface area contributed by atoms with Crippen LogP contribution in [0.2, 0.25) is 0 Å². The van der Waals surface area contributed by atoms with Crippen LogP contribution in [0.5, 0.6) is 0 Å². The largest absolute Gasteiger partial charge is 0.374 e. The van der Waals surface area contributed by atoms with Crippen molar-refractivity contribution in [1.29, 1.82) is 0 Å². The van der Waals surface area contributed by atoms with Gasteiger partial charge in [0.1, 0.15) is 0 Å². The Labute approximate surface area is 167 Å². The zero-order valence-electron chi connectivity index (χ0n) is 16.7. The van der Waals surface area contributed by atoms with Crippen molar-refractivity contribution in [3.63, 3.8) is 0 Å². The van der Waals surface area contributed by atoms with Crippen LogP contribution in [0.25, 0.3) is 0 Å². The molecule has 4 fully saturated rings. The van der Waals surface area contributed by atoms with E-state index in [9.17, 15) is 0 Å². The molecule has 0 amide bonds. The Balaban J connectivity index is 1.06. The third-order valence-corrected chi connectivity index (χ3v) is 6.88. The molecule has 5 heterocycles. The summed E-state index contributed by atoms with van der Waals surface area (Å²) in [5.41, 5.74) is 0. The minimum Gasteiger partial charge on any atom is -0.374 e. The highest BCUT2D eigenvalue weighted by atomic mass is 16.5. The van der Waals surface area contributed by atoms with Gasteiger partial charge in [0.2, 0.25) is 5.95 Å². The predicted molar refractivity (Wildman–Crippen MR) is 108 cm³/mol. The zero-order chi connectivity index (χ0) is 18.9. The molecule has 152 valence electrons. The standard InChI is InChI=1S/C20H31N7O/c1-21-19(27-13-15-16(14-27)18-4-3-17(15)28-18)24-7-8-25-9-11-26(12-10-25)20-22-5-2-6-23-20/h2,5-6,15-18H,3-4,7-14H2,1H3,(H,21,24). The van der Waals surface area contributed by atoms with Gasteiger partial charge in [-0.1, -0.05) is 0 Å². The highest BCUT2D eigenvalue weighted by Gasteiger charge is 2.53. The van der Waals surface area contributed by atoms with Crippen LogP contribution in [0.4, 0.5) is 5.95 Å². The number of nitrogens with zero attached hydrogens (tertiary/aromatic N) is 6. The highest BCUT2D eigenvalue weighted by Crippen LogP contribution is 2.47. The van der Waals surface area contributed by atoms with Gasteiger partial charge >= 0.3 is 0 Å². The molecular formula is C20H31N7O. The van der Waals surface area contributed by atoms with Crippen LogP contribution in [0.1, 0.15) is 12.8 Å². The summed E-state index contributed by atoms with van der Waals surface area (Å²) in [5, 5.41) is 3.60. The van der Waals surface area contributed by atoms with Gasteiger partial charge in [-0.25, -0.2) is 9.97 Å². The summed E-state index contributed by atoms with van der Waals surface area (Å²) in [5.74, 6) is 3.33. The molecule has 0 saturated carbocycles. The molecule has 2 bridgehead atoms. The second kappa shape index (κ2) is 7.83. The van der Waals surface area contributed by atoms with Gasteiger partial charge in [-0.2, -0.15) is 0 Å². The van der Waals surface area contributed by atoms with Gasteiger partial charge in [-0.3, -0.25) is 9.89 Å². The molecule has 8 heteroatoms. The molecule has 0 aromatic carbocycles. The van der Waals surface area contributed by atoms with Crippen LogP contribution in [0, 0.1) is 11.8 Å². The number of fused-ring (bicyclic) bond motifs is 5. The average molecular weight is 386 g/mol. The lowest BCUT2D eigenvalue weighted by Crippen LogP contribution is -2.50. The summed E-state index contributed by atoms with van der Waals surface area (Å²) in [6.07, 6.45) is 7.14. The topological polar surface area (TPSA) is 69.1 Å². The Morgan fingerprint density at radius 1 is 1.11 bits per heavy atom. The first kappa shape index (κ1) is 18.1. The van der Waals surface area contributed by atoms with E-state index in [1.165, 1.54) is 12.8 Å². The van der Waals surface area contributed by atoms with Crippen molar-refractivity contribution in [2.45, 2.75) is 25.0 Å². The second-order valence-corrected chi connectivity index (χ2v) is 8.37. The number of hydrogen-bond acceptors (Lipinski definition) is 6. The SMILES string of the molecule is CN=C(NCCN1CCN(c2ncccn2)CC1)N1CC2C3CCC(O3)C2C1. The summed E-state index contributed by atoms with van der Waals surface area (Å²) < 4.78 is 6.10. The number of guanidine groups is 1. The Hall–Kier alpha value is -1.93. The highest BCUT2D eigenvalue weighted by molar-refractivity contribution is 5.80. The molecule has 1 N–H and O–H groups in total. The third kappa shape index (κ3) is 3.43. The van der Waals surface area contributed by atoms with E-state index in [4.69, 9.17) is 4.74 Å². The number of rotatable bonds is 4. The van der Waals surface area contributed by atoms with Crippen LogP contribution >= 0.6 is 0 Å². The lowest BCUT2D eigenvalue weighted by molar-refractivity contribution is 0.0767. The lowest BCUT2D eigenvalue weighted by atomic mass is 9.82. The summed E-state index contributed by atoms with van der Waals surface area (Å²) in [7, 11) is 1.90. The number of piperazine rings is 1. The summed E-state index contributed by atoms with van der Waals surface area (Å²) in [4.78, 5) is 20.5. The molecule has 4 atom stereocenters. The quantitative estimate of drug-likeness (QED) is 0.590. The average Bonchev–Trinajstić information content (AvgIpc) is 3.46. The molecule has 4 unspecified atom stereocenters. The fraction of sp³-hybridized carbons (Fsp3) is 0.750. The van der Waals surface area contributed by atoms with Crippen LogP contribution in [-0.4, -0.2) is 97.3 Å². The molecule has 4 saturated heterocycles. The molecule has 0 aliphatic carbocycles. The van der Waals surface area contributed by atoms with Crippen LogP contribution in [-0.2, 0) is 4.74 Å². The van der Waals surface area contributed by atoms with Crippen molar-refractivity contribution in [3.05, 3.63) is 18.5 Å². The molecule has 0 radical (unpaired) electrons. The van der Waals surface area contributed by atoms with E-state index in [2.05, 4.69) is 35.0 Å². The molecule has 5 rings (SSSR count). The molecule has 28 heavy (non-hydrogen) atoms. The first-order valence-corrected chi connectivity index (χ1v) is 10.7. The van der Waals surface area contributed by atoms with E-state index in [0.29, 0.717) is 24.0 Å². The van der Waals surface area contributed by atoms with Crippen molar-refractivity contribution in [3.8, 4) is 0 Å². The van der Waals surface area contributed by atoms with Crippen LogP contribution < -0.4 is 10.2 Å². The van der Waals surface area contributed by atoms with Crippen molar-refractivity contribution in [2.75, 3.05) is 64.3 Å². The maximum absolute atomic E-state index is 6.10. The first-order chi connectivity index (χ1) is 13.8. The van der Waals surface area contributed by atoms with Crippen LogP contribution in [0.3, 0.4) is 0 Å². The maximum Gasteiger partial charge on any atom is 0.225 e. The fourth-order valence-electron chi connectivity index (χ4n) is 5.42. The molecule has 1 aromatic heterocycles. The number of likely N-dealkylation sites (tertiary alicyclic amines) is 1. The van der Waals surface area contributed by atoms with Gasteiger partial charge < -0.3 is 19.9 Å². The monoisotopic (exact) mass is 385 g/mol. The Morgan fingerprint density at radius 2 is 1.79 bits per heavy atom. The third-order valence-electron chi connectivity index (χ3n) is 6.88. The van der Waals surface area contributed by atoms with Crippen molar-refractivity contribution >= 4 is 11.9 Å². The van der Waals surface area contributed by atoms with E-state index in [1.807, 2.05) is 25.5 Å². The van der Waals surface area contributed by atoms with Crippen molar-refractivity contribution < 1.29 is 4.74 Å².